The topological polar surface area (TPSA) is 70.1 Å². The number of benzene rings is 3. The summed E-state index contributed by atoms with van der Waals surface area (Å²) in [5.74, 6) is -1.25. The van der Waals surface area contributed by atoms with Crippen LogP contribution in [0.3, 0.4) is 0 Å². The Morgan fingerprint density at radius 3 is 2.42 bits per heavy atom. The van der Waals surface area contributed by atoms with E-state index in [-0.39, 0.29) is 25.5 Å². The van der Waals surface area contributed by atoms with Crippen LogP contribution in [-0.4, -0.2) is 35.8 Å². The predicted molar refractivity (Wildman–Crippen MR) is 145 cm³/mol. The number of para-hydroxylation sites is 2. The number of anilines is 3. The number of halogens is 1. The lowest BCUT2D eigenvalue weighted by Crippen LogP contribution is -2.45. The molecule has 2 amide bonds. The molecule has 2 heterocycles. The summed E-state index contributed by atoms with van der Waals surface area (Å²) >= 11 is 0. The van der Waals surface area contributed by atoms with Gasteiger partial charge < -0.3 is 14.7 Å². The van der Waals surface area contributed by atoms with Crippen molar-refractivity contribution in [2.24, 2.45) is 11.8 Å². The fraction of sp³-hybridized carbons (Fsp3) is 0.355. The molecular formula is C31H33FN2O4. The van der Waals surface area contributed by atoms with Gasteiger partial charge in [0.2, 0.25) is 6.41 Å². The van der Waals surface area contributed by atoms with Gasteiger partial charge in [-0.3, -0.25) is 14.5 Å². The molecule has 4 atom stereocenters. The van der Waals surface area contributed by atoms with Gasteiger partial charge in [0.25, 0.3) is 5.91 Å². The zero-order valence-electron chi connectivity index (χ0n) is 21.9. The monoisotopic (exact) mass is 516 g/mol. The Labute approximate surface area is 222 Å². The number of nitrogens with zero attached hydrogens (tertiary/aromatic N) is 2. The van der Waals surface area contributed by atoms with E-state index in [0.29, 0.717) is 5.69 Å². The van der Waals surface area contributed by atoms with Crippen LogP contribution < -0.4 is 9.80 Å². The highest BCUT2D eigenvalue weighted by Gasteiger charge is 2.65. The molecule has 0 unspecified atom stereocenters. The SMILES string of the molecule is C[C@H]1[C@H](C(C)(C)F)[C@@H](CCO)O[C@]12C(=O)N(Cc1cccc(N(C=O)c3ccccc3)c1)c1ccccc12. The molecular weight excluding hydrogens is 483 g/mol. The van der Waals surface area contributed by atoms with E-state index in [1.54, 1.807) is 9.80 Å². The summed E-state index contributed by atoms with van der Waals surface area (Å²) in [6, 6.07) is 24.4. The van der Waals surface area contributed by atoms with Crippen molar-refractivity contribution in [3.8, 4) is 0 Å². The van der Waals surface area contributed by atoms with E-state index < -0.39 is 29.2 Å². The smallest absolute Gasteiger partial charge is 0.264 e. The van der Waals surface area contributed by atoms with Crippen LogP contribution in [0.1, 0.15) is 38.3 Å². The maximum absolute atomic E-state index is 15.5. The maximum atomic E-state index is 15.5. The standard InChI is InChI=1S/C31H33FN2O4/c1-21-28(30(2,3)32)27(16-17-35)38-31(21)25-14-7-8-15-26(25)33(29(31)37)19-22-10-9-13-24(18-22)34(20-36)23-11-5-4-6-12-23/h4-15,18,20-21,27-28,35H,16-17,19H2,1-3H3/t21-,27+,28-,31+/m0/s1. The van der Waals surface area contributed by atoms with Gasteiger partial charge in [-0.1, -0.05) is 55.5 Å². The number of aliphatic hydroxyl groups is 1. The van der Waals surface area contributed by atoms with Gasteiger partial charge in [-0.05, 0) is 56.2 Å². The molecule has 5 rings (SSSR count). The van der Waals surface area contributed by atoms with E-state index in [1.165, 1.54) is 13.8 Å². The molecule has 1 N–H and O–H groups in total. The number of amides is 2. The summed E-state index contributed by atoms with van der Waals surface area (Å²) in [4.78, 5) is 29.5. The molecule has 1 spiro atoms. The highest BCUT2D eigenvalue weighted by molar-refractivity contribution is 6.07. The van der Waals surface area contributed by atoms with Gasteiger partial charge in [-0.2, -0.15) is 0 Å². The third-order valence-corrected chi connectivity index (χ3v) is 7.95. The summed E-state index contributed by atoms with van der Waals surface area (Å²) in [6.45, 7) is 5.02. The number of hydrogen-bond donors (Lipinski definition) is 1. The number of fused-ring (bicyclic) bond motifs is 2. The van der Waals surface area contributed by atoms with Gasteiger partial charge in [0.15, 0.2) is 5.60 Å². The first-order chi connectivity index (χ1) is 18.2. The number of alkyl halides is 1. The van der Waals surface area contributed by atoms with Gasteiger partial charge in [-0.15, -0.1) is 0 Å². The van der Waals surface area contributed by atoms with Crippen molar-refractivity contribution in [3.05, 3.63) is 90.0 Å². The maximum Gasteiger partial charge on any atom is 0.264 e. The second kappa shape index (κ2) is 9.97. The van der Waals surface area contributed by atoms with E-state index in [1.807, 2.05) is 85.8 Å². The second-order valence-corrected chi connectivity index (χ2v) is 10.7. The van der Waals surface area contributed by atoms with Gasteiger partial charge in [0.1, 0.15) is 5.67 Å². The molecule has 3 aromatic carbocycles. The first-order valence-electron chi connectivity index (χ1n) is 13.0. The summed E-state index contributed by atoms with van der Waals surface area (Å²) in [6.07, 6.45) is 0.429. The van der Waals surface area contributed by atoms with Gasteiger partial charge in [0.05, 0.1) is 18.3 Å². The number of aliphatic hydroxyl groups excluding tert-OH is 1. The van der Waals surface area contributed by atoms with Crippen LogP contribution in [0, 0.1) is 11.8 Å². The third-order valence-electron chi connectivity index (χ3n) is 7.95. The molecule has 7 heteroatoms. The van der Waals surface area contributed by atoms with Crippen molar-refractivity contribution < 1.29 is 23.8 Å². The fourth-order valence-electron chi connectivity index (χ4n) is 6.40. The summed E-state index contributed by atoms with van der Waals surface area (Å²) in [5.41, 5.74) is 0.782. The summed E-state index contributed by atoms with van der Waals surface area (Å²) in [7, 11) is 0. The Hall–Kier alpha value is -3.55. The largest absolute Gasteiger partial charge is 0.396 e. The number of ether oxygens (including phenoxy) is 1. The zero-order valence-corrected chi connectivity index (χ0v) is 21.9. The molecule has 0 aliphatic carbocycles. The Bertz CT molecular complexity index is 1320. The van der Waals surface area contributed by atoms with E-state index in [9.17, 15) is 14.7 Å². The molecule has 3 aromatic rings. The number of carbonyl (C=O) groups is 2. The Morgan fingerprint density at radius 1 is 1.05 bits per heavy atom. The number of carbonyl (C=O) groups excluding carboxylic acids is 2. The Morgan fingerprint density at radius 2 is 1.74 bits per heavy atom. The molecule has 198 valence electrons. The van der Waals surface area contributed by atoms with Crippen molar-refractivity contribution in [2.45, 2.75) is 51.1 Å². The van der Waals surface area contributed by atoms with Gasteiger partial charge >= 0.3 is 0 Å². The molecule has 1 fully saturated rings. The minimum atomic E-state index is -1.60. The van der Waals surface area contributed by atoms with Crippen LogP contribution in [-0.2, 0) is 26.5 Å². The molecule has 1 saturated heterocycles. The fourth-order valence-corrected chi connectivity index (χ4v) is 6.40. The first-order valence-corrected chi connectivity index (χ1v) is 13.0. The van der Waals surface area contributed by atoms with Crippen molar-refractivity contribution in [1.29, 1.82) is 0 Å². The molecule has 0 radical (unpaired) electrons. The quantitative estimate of drug-likeness (QED) is 0.401. The number of hydrogen-bond acceptors (Lipinski definition) is 4. The van der Waals surface area contributed by atoms with Crippen LogP contribution in [0.5, 0.6) is 0 Å². The third kappa shape index (κ3) is 4.20. The average Bonchev–Trinajstić information content (AvgIpc) is 3.33. The summed E-state index contributed by atoms with van der Waals surface area (Å²) in [5, 5.41) is 9.68. The van der Waals surface area contributed by atoms with Gasteiger partial charge in [0, 0.05) is 35.4 Å². The van der Waals surface area contributed by atoms with Crippen LogP contribution in [0.2, 0.25) is 0 Å². The minimum Gasteiger partial charge on any atom is -0.396 e. The van der Waals surface area contributed by atoms with Crippen LogP contribution in [0.4, 0.5) is 21.5 Å². The van der Waals surface area contributed by atoms with E-state index in [2.05, 4.69) is 0 Å². The van der Waals surface area contributed by atoms with E-state index >= 15 is 4.39 Å². The molecule has 6 nitrogen and oxygen atoms in total. The molecule has 2 aliphatic heterocycles. The molecule has 2 aliphatic rings. The average molecular weight is 517 g/mol. The lowest BCUT2D eigenvalue weighted by atomic mass is 9.71. The highest BCUT2D eigenvalue weighted by atomic mass is 19.1. The van der Waals surface area contributed by atoms with E-state index in [0.717, 1.165) is 28.9 Å². The molecule has 0 bridgehead atoms. The second-order valence-electron chi connectivity index (χ2n) is 10.7. The minimum absolute atomic E-state index is 0.152. The lowest BCUT2D eigenvalue weighted by Gasteiger charge is -2.32. The van der Waals surface area contributed by atoms with Crippen molar-refractivity contribution in [2.75, 3.05) is 16.4 Å². The van der Waals surface area contributed by atoms with Crippen LogP contribution >= 0.6 is 0 Å². The molecule has 0 aromatic heterocycles. The first kappa shape index (κ1) is 26.1. The van der Waals surface area contributed by atoms with Gasteiger partial charge in [-0.25, -0.2) is 4.39 Å². The van der Waals surface area contributed by atoms with Crippen LogP contribution in [0.25, 0.3) is 0 Å². The zero-order chi connectivity index (χ0) is 27.1. The van der Waals surface area contributed by atoms with Crippen molar-refractivity contribution in [1.82, 2.24) is 0 Å². The Balaban J connectivity index is 1.52. The normalized spacial score (nSPS) is 24.6. The molecule has 0 saturated carbocycles. The Kier molecular flexibility index (Phi) is 6.84. The van der Waals surface area contributed by atoms with E-state index in [4.69, 9.17) is 4.74 Å². The molecule has 38 heavy (non-hydrogen) atoms. The lowest BCUT2D eigenvalue weighted by molar-refractivity contribution is -0.146. The summed E-state index contributed by atoms with van der Waals surface area (Å²) < 4.78 is 22.0. The van der Waals surface area contributed by atoms with Crippen molar-refractivity contribution >= 4 is 29.4 Å². The number of rotatable bonds is 8. The predicted octanol–water partition coefficient (Wildman–Crippen LogP) is 5.50. The van der Waals surface area contributed by atoms with Crippen molar-refractivity contribution in [3.63, 3.8) is 0 Å². The highest BCUT2D eigenvalue weighted by Crippen LogP contribution is 2.58. The van der Waals surface area contributed by atoms with Crippen LogP contribution in [0.15, 0.2) is 78.9 Å².